The molecule has 1 aliphatic rings. The average Bonchev–Trinajstić information content (AvgIpc) is 1.72. The third-order valence-corrected chi connectivity index (χ3v) is 1.73. The van der Waals surface area contributed by atoms with Gasteiger partial charge in [-0.3, -0.25) is 0 Å². The second-order valence-corrected chi connectivity index (χ2v) is 2.44. The molecule has 0 aromatic rings. The zero-order chi connectivity index (χ0) is 4.24. The summed E-state index contributed by atoms with van der Waals surface area (Å²) in [5.41, 5.74) is 0. The summed E-state index contributed by atoms with van der Waals surface area (Å²) in [6.07, 6.45) is 2.61. The minimum absolute atomic E-state index is 0.951. The lowest BCUT2D eigenvalue weighted by molar-refractivity contribution is 0.341. The standard InChI is InChI=1S/C3H7BOP/c1-2-5-4-6-3-1/h6H,1-3H2. The molecular weight excluding hydrogens is 93.8 g/mol. The van der Waals surface area contributed by atoms with E-state index in [1.807, 2.05) is 7.20 Å². The van der Waals surface area contributed by atoms with E-state index >= 15 is 0 Å². The van der Waals surface area contributed by atoms with Gasteiger partial charge in [0.2, 0.25) is 0 Å². The van der Waals surface area contributed by atoms with Crippen LogP contribution in [0.5, 0.6) is 0 Å². The minimum Gasteiger partial charge on any atom is -0.435 e. The van der Waals surface area contributed by atoms with Crippen LogP contribution in [0, 0.1) is 0 Å². The summed E-state index contributed by atoms with van der Waals surface area (Å²) in [6.45, 7) is 0.951. The minimum atomic E-state index is 0.951. The van der Waals surface area contributed by atoms with E-state index in [9.17, 15) is 0 Å². The second-order valence-electron chi connectivity index (χ2n) is 1.30. The Balaban J connectivity index is 2.00. The SMILES string of the molecule is [B]1OCCCP1. The van der Waals surface area contributed by atoms with Gasteiger partial charge in [0.15, 0.2) is 0 Å². The number of hydrogen-bond acceptors (Lipinski definition) is 1. The molecule has 33 valence electrons. The van der Waals surface area contributed by atoms with Gasteiger partial charge in [-0.2, -0.15) is 0 Å². The van der Waals surface area contributed by atoms with Crippen LogP contribution in [0.3, 0.4) is 0 Å². The molecule has 1 saturated heterocycles. The number of hydrogen-bond donors (Lipinski definition) is 0. The average molecular weight is 101 g/mol. The fourth-order valence-electron chi connectivity index (χ4n) is 0.434. The highest BCUT2D eigenvalue weighted by Crippen LogP contribution is 2.13. The lowest BCUT2D eigenvalue weighted by Gasteiger charge is -2.06. The van der Waals surface area contributed by atoms with Crippen LogP contribution >= 0.6 is 8.46 Å². The molecule has 0 aliphatic carbocycles. The van der Waals surface area contributed by atoms with Gasteiger partial charge in [0.1, 0.15) is 0 Å². The highest BCUT2D eigenvalue weighted by atomic mass is 31.1. The molecule has 1 atom stereocenters. The van der Waals surface area contributed by atoms with E-state index in [-0.39, 0.29) is 0 Å². The Bertz CT molecular complexity index is 26.3. The first-order valence-corrected chi connectivity index (χ1v) is 3.45. The molecule has 0 aromatic heterocycles. The summed E-state index contributed by atoms with van der Waals surface area (Å²) in [6, 6.07) is 0. The van der Waals surface area contributed by atoms with Gasteiger partial charge in [-0.25, -0.2) is 0 Å². The molecule has 3 heteroatoms. The van der Waals surface area contributed by atoms with E-state index in [0.29, 0.717) is 0 Å². The molecule has 0 spiro atoms. The van der Waals surface area contributed by atoms with E-state index in [0.717, 1.165) is 15.1 Å². The van der Waals surface area contributed by atoms with Crippen LogP contribution in [0.25, 0.3) is 0 Å². The Morgan fingerprint density at radius 1 is 1.67 bits per heavy atom. The van der Waals surface area contributed by atoms with Crippen LogP contribution in [-0.4, -0.2) is 20.0 Å². The molecule has 1 rings (SSSR count). The summed E-state index contributed by atoms with van der Waals surface area (Å²) in [5, 5.41) is 0. The molecule has 1 nitrogen and oxygen atoms in total. The van der Waals surface area contributed by atoms with Gasteiger partial charge in [0.25, 0.3) is 0 Å². The maximum atomic E-state index is 4.96. The first kappa shape index (κ1) is 4.61. The molecule has 0 amide bonds. The first-order valence-electron chi connectivity index (χ1n) is 2.17. The van der Waals surface area contributed by atoms with Crippen LogP contribution in [0.15, 0.2) is 0 Å². The fraction of sp³-hybridized carbons (Fsp3) is 1.00. The maximum absolute atomic E-state index is 4.96. The summed E-state index contributed by atoms with van der Waals surface area (Å²) < 4.78 is 4.96. The van der Waals surface area contributed by atoms with Crippen LogP contribution in [0.4, 0.5) is 0 Å². The molecule has 0 aromatic carbocycles. The van der Waals surface area contributed by atoms with Gasteiger partial charge >= 0.3 is 7.20 Å². The van der Waals surface area contributed by atoms with Crippen molar-refractivity contribution in [3.05, 3.63) is 0 Å². The van der Waals surface area contributed by atoms with Crippen LogP contribution in [-0.2, 0) is 4.65 Å². The van der Waals surface area contributed by atoms with Crippen molar-refractivity contribution in [2.45, 2.75) is 6.42 Å². The van der Waals surface area contributed by atoms with Gasteiger partial charge in [0.05, 0.1) is 0 Å². The normalized spacial score (nSPS) is 26.7. The van der Waals surface area contributed by atoms with Crippen molar-refractivity contribution >= 4 is 15.7 Å². The Morgan fingerprint density at radius 3 is 2.83 bits per heavy atom. The summed E-state index contributed by atoms with van der Waals surface area (Å²) in [7, 11) is 2.87. The zero-order valence-corrected chi connectivity index (χ0v) is 4.61. The zero-order valence-electron chi connectivity index (χ0n) is 3.61. The van der Waals surface area contributed by atoms with Crippen molar-refractivity contribution in [1.82, 2.24) is 0 Å². The van der Waals surface area contributed by atoms with E-state index in [4.69, 9.17) is 4.65 Å². The summed E-state index contributed by atoms with van der Waals surface area (Å²) >= 11 is 0. The maximum Gasteiger partial charge on any atom is 0.321 e. The summed E-state index contributed by atoms with van der Waals surface area (Å²) in [4.78, 5) is 0. The number of rotatable bonds is 0. The van der Waals surface area contributed by atoms with Gasteiger partial charge < -0.3 is 4.65 Å². The van der Waals surface area contributed by atoms with Gasteiger partial charge in [-0.15, -0.1) is 8.46 Å². The Labute approximate surface area is 40.5 Å². The first-order chi connectivity index (χ1) is 3.00. The van der Waals surface area contributed by atoms with Crippen LogP contribution in [0.2, 0.25) is 0 Å². The van der Waals surface area contributed by atoms with Crippen molar-refractivity contribution in [3.63, 3.8) is 0 Å². The lowest BCUT2D eigenvalue weighted by Crippen LogP contribution is -2.03. The molecule has 6 heavy (non-hydrogen) atoms. The van der Waals surface area contributed by atoms with Gasteiger partial charge in [-0.1, -0.05) is 0 Å². The quantitative estimate of drug-likeness (QED) is 0.321. The monoisotopic (exact) mass is 101 g/mol. The Kier molecular flexibility index (Phi) is 2.00. The van der Waals surface area contributed by atoms with Crippen molar-refractivity contribution < 1.29 is 4.65 Å². The highest BCUT2D eigenvalue weighted by molar-refractivity contribution is 7.69. The van der Waals surface area contributed by atoms with Gasteiger partial charge in [0, 0.05) is 6.61 Å². The van der Waals surface area contributed by atoms with E-state index in [1.165, 1.54) is 12.6 Å². The Hall–Kier alpha value is 0.455. The van der Waals surface area contributed by atoms with Crippen molar-refractivity contribution in [2.24, 2.45) is 0 Å². The largest absolute Gasteiger partial charge is 0.435 e. The van der Waals surface area contributed by atoms with Crippen LogP contribution in [0.1, 0.15) is 6.42 Å². The molecule has 0 N–H and O–H groups in total. The molecule has 0 saturated carbocycles. The molecule has 1 radical (unpaired) electrons. The van der Waals surface area contributed by atoms with E-state index in [2.05, 4.69) is 0 Å². The molecule has 1 fully saturated rings. The fourth-order valence-corrected chi connectivity index (χ4v) is 1.14. The van der Waals surface area contributed by atoms with Crippen LogP contribution < -0.4 is 0 Å². The van der Waals surface area contributed by atoms with E-state index < -0.39 is 0 Å². The smallest absolute Gasteiger partial charge is 0.321 e. The van der Waals surface area contributed by atoms with Crippen molar-refractivity contribution in [3.8, 4) is 0 Å². The van der Waals surface area contributed by atoms with Crippen molar-refractivity contribution in [2.75, 3.05) is 12.8 Å². The topological polar surface area (TPSA) is 9.23 Å². The molecule has 1 heterocycles. The summed E-state index contributed by atoms with van der Waals surface area (Å²) in [5.74, 6) is 0. The Morgan fingerprint density at radius 2 is 2.67 bits per heavy atom. The highest BCUT2D eigenvalue weighted by Gasteiger charge is 1.97. The van der Waals surface area contributed by atoms with Crippen molar-refractivity contribution in [1.29, 1.82) is 0 Å². The molecule has 1 aliphatic heterocycles. The lowest BCUT2D eigenvalue weighted by atomic mass is 10.4. The predicted molar refractivity (Wildman–Crippen MR) is 29.5 cm³/mol. The molecule has 0 bridgehead atoms. The molecular formula is C3H7BOP. The second kappa shape index (κ2) is 2.60. The third-order valence-electron chi connectivity index (χ3n) is 0.750. The van der Waals surface area contributed by atoms with E-state index in [1.54, 1.807) is 0 Å². The molecule has 1 unspecified atom stereocenters. The predicted octanol–water partition coefficient (Wildman–Crippen LogP) is 0.619. The third kappa shape index (κ3) is 1.28. The van der Waals surface area contributed by atoms with Gasteiger partial charge in [-0.05, 0) is 12.6 Å².